The molecule has 5 atom stereocenters. The maximum absolute atomic E-state index is 11.3. The maximum Gasteiger partial charge on any atom is 1.00 e. The SMILES string of the molecule is O=P1([O-])OC[C@H]2O[C@@H](n3cnc4cncnc43)[C@H](O)[C@@H]2O1.[Na+]. The van der Waals surface area contributed by atoms with Crippen molar-refractivity contribution in [2.75, 3.05) is 6.61 Å². The van der Waals surface area contributed by atoms with E-state index in [4.69, 9.17) is 9.26 Å². The number of aliphatic hydroxyl groups excluding tert-OH is 1. The monoisotopic (exact) mass is 336 g/mol. The van der Waals surface area contributed by atoms with Crippen molar-refractivity contribution in [1.82, 2.24) is 19.5 Å². The van der Waals surface area contributed by atoms with E-state index in [9.17, 15) is 14.6 Å². The summed E-state index contributed by atoms with van der Waals surface area (Å²) < 4.78 is 27.8. The van der Waals surface area contributed by atoms with Crippen molar-refractivity contribution in [2.45, 2.75) is 24.5 Å². The Hall–Kier alpha value is -0.420. The van der Waals surface area contributed by atoms with E-state index in [1.54, 1.807) is 0 Å². The van der Waals surface area contributed by atoms with Crippen LogP contribution in [0.1, 0.15) is 6.23 Å². The van der Waals surface area contributed by atoms with Gasteiger partial charge in [0.1, 0.15) is 30.2 Å². The van der Waals surface area contributed by atoms with Crippen LogP contribution >= 0.6 is 7.82 Å². The number of ether oxygens (including phenoxy) is 1. The van der Waals surface area contributed by atoms with Crippen LogP contribution in [-0.4, -0.2) is 49.5 Å². The van der Waals surface area contributed by atoms with Crippen LogP contribution in [0.5, 0.6) is 0 Å². The van der Waals surface area contributed by atoms with E-state index in [-0.39, 0.29) is 36.2 Å². The van der Waals surface area contributed by atoms with Gasteiger partial charge in [-0.3, -0.25) is 9.13 Å². The Morgan fingerprint density at radius 3 is 3.09 bits per heavy atom. The van der Waals surface area contributed by atoms with E-state index in [2.05, 4.69) is 19.5 Å². The second-order valence-electron chi connectivity index (χ2n) is 4.75. The molecule has 2 aliphatic rings. The van der Waals surface area contributed by atoms with Gasteiger partial charge in [-0.05, 0) is 0 Å². The van der Waals surface area contributed by atoms with Gasteiger partial charge in [-0.15, -0.1) is 0 Å². The van der Waals surface area contributed by atoms with E-state index in [0.29, 0.717) is 11.2 Å². The summed E-state index contributed by atoms with van der Waals surface area (Å²) in [5, 5.41) is 10.3. The summed E-state index contributed by atoms with van der Waals surface area (Å²) in [6.07, 6.45) is 0.586. The molecule has 12 heteroatoms. The maximum atomic E-state index is 11.3. The fraction of sp³-hybridized carbons (Fsp3) is 0.500. The number of fused-ring (bicyclic) bond motifs is 2. The summed E-state index contributed by atoms with van der Waals surface area (Å²) in [6, 6.07) is 0. The van der Waals surface area contributed by atoms with Crippen LogP contribution in [0.4, 0.5) is 0 Å². The zero-order chi connectivity index (χ0) is 14.6. The standard InChI is InChI=1S/C10H11N4O6P.Na/c15-7-8-6(2-18-21(16,17)20-8)19-10(7)14-4-13-5-1-11-3-12-9(5)14;/h1,3-4,6-8,10,15H,2H2,(H,16,17);/q;+1/p-1/t6-,7-,8-,10-;/m1./s1. The number of nitrogens with zero attached hydrogens (tertiary/aromatic N) is 4. The minimum absolute atomic E-state index is 0. The summed E-state index contributed by atoms with van der Waals surface area (Å²) in [6.45, 7) is -0.194. The Balaban J connectivity index is 0.00000144. The molecule has 1 unspecified atom stereocenters. The molecule has 10 nitrogen and oxygen atoms in total. The van der Waals surface area contributed by atoms with Crippen molar-refractivity contribution in [3.63, 3.8) is 0 Å². The molecule has 2 saturated heterocycles. The number of aromatic nitrogens is 4. The van der Waals surface area contributed by atoms with Crippen LogP contribution < -0.4 is 34.5 Å². The van der Waals surface area contributed by atoms with Crippen molar-refractivity contribution in [3.05, 3.63) is 18.9 Å². The topological polar surface area (TPSA) is 132 Å². The smallest absolute Gasteiger partial charge is 0.756 e. The fourth-order valence-corrected chi connectivity index (χ4v) is 3.48. The number of phosphoric ester groups is 1. The van der Waals surface area contributed by atoms with Gasteiger partial charge in [-0.25, -0.2) is 15.0 Å². The molecule has 0 spiro atoms. The first kappa shape index (κ1) is 16.4. The molecular formula is C10H10N4NaO6P. The Labute approximate surface area is 146 Å². The first-order valence-electron chi connectivity index (χ1n) is 6.15. The number of imidazole rings is 1. The molecular weight excluding hydrogens is 326 g/mol. The number of hydrogen-bond donors (Lipinski definition) is 1. The van der Waals surface area contributed by atoms with Gasteiger partial charge in [-0.2, -0.15) is 0 Å². The molecule has 0 saturated carbocycles. The van der Waals surface area contributed by atoms with E-state index in [1.165, 1.54) is 23.4 Å². The number of phosphoric acid groups is 1. The molecule has 1 N–H and O–H groups in total. The van der Waals surface area contributed by atoms with Crippen molar-refractivity contribution >= 4 is 19.0 Å². The first-order valence-corrected chi connectivity index (χ1v) is 7.61. The van der Waals surface area contributed by atoms with Gasteiger partial charge in [0, 0.05) is 0 Å². The molecule has 22 heavy (non-hydrogen) atoms. The predicted octanol–water partition coefficient (Wildman–Crippen LogP) is -4.03. The van der Waals surface area contributed by atoms with Crippen LogP contribution in [0.2, 0.25) is 0 Å². The molecule has 0 aliphatic carbocycles. The Bertz CT molecular complexity index is 743. The molecule has 0 amide bonds. The summed E-state index contributed by atoms with van der Waals surface area (Å²) in [7, 11) is -4.39. The fourth-order valence-electron chi connectivity index (χ4n) is 2.53. The van der Waals surface area contributed by atoms with Crippen LogP contribution in [0, 0.1) is 0 Å². The van der Waals surface area contributed by atoms with E-state index in [1.807, 2.05) is 0 Å². The summed E-state index contributed by atoms with van der Waals surface area (Å²) in [5.74, 6) is 0. The van der Waals surface area contributed by atoms with Crippen LogP contribution in [0.15, 0.2) is 18.9 Å². The third-order valence-electron chi connectivity index (χ3n) is 3.47. The van der Waals surface area contributed by atoms with Gasteiger partial charge in [0.25, 0.3) is 7.82 Å². The van der Waals surface area contributed by atoms with Crippen LogP contribution in [0.3, 0.4) is 0 Å². The molecule has 0 bridgehead atoms. The summed E-state index contributed by atoms with van der Waals surface area (Å²) in [4.78, 5) is 23.3. The van der Waals surface area contributed by atoms with E-state index < -0.39 is 32.4 Å². The second kappa shape index (κ2) is 5.90. The Morgan fingerprint density at radius 1 is 1.45 bits per heavy atom. The van der Waals surface area contributed by atoms with E-state index in [0.717, 1.165) is 0 Å². The summed E-state index contributed by atoms with van der Waals surface area (Å²) in [5.41, 5.74) is 1.01. The van der Waals surface area contributed by atoms with Gasteiger partial charge >= 0.3 is 29.6 Å². The first-order chi connectivity index (χ1) is 10.1. The zero-order valence-corrected chi connectivity index (χ0v) is 14.4. The third kappa shape index (κ3) is 2.64. The molecule has 0 radical (unpaired) electrons. The van der Waals surface area contributed by atoms with Gasteiger partial charge in [0.15, 0.2) is 11.9 Å². The average Bonchev–Trinajstić information content (AvgIpc) is 3.00. The molecule has 4 heterocycles. The molecule has 2 aliphatic heterocycles. The Morgan fingerprint density at radius 2 is 2.27 bits per heavy atom. The molecule has 112 valence electrons. The van der Waals surface area contributed by atoms with Crippen LogP contribution in [0.25, 0.3) is 11.2 Å². The number of hydrogen-bond acceptors (Lipinski definition) is 9. The van der Waals surface area contributed by atoms with E-state index >= 15 is 0 Å². The van der Waals surface area contributed by atoms with Gasteiger partial charge < -0.3 is 23.8 Å². The number of rotatable bonds is 1. The average molecular weight is 336 g/mol. The van der Waals surface area contributed by atoms with Crippen molar-refractivity contribution in [2.24, 2.45) is 0 Å². The molecule has 2 aromatic heterocycles. The van der Waals surface area contributed by atoms with Gasteiger partial charge in [0.2, 0.25) is 0 Å². The van der Waals surface area contributed by atoms with Crippen molar-refractivity contribution in [1.29, 1.82) is 0 Å². The van der Waals surface area contributed by atoms with Crippen LogP contribution in [-0.2, 0) is 18.3 Å². The normalized spacial score (nSPS) is 37.7. The summed E-state index contributed by atoms with van der Waals surface area (Å²) >= 11 is 0. The quantitative estimate of drug-likeness (QED) is 0.408. The molecule has 2 aromatic rings. The minimum Gasteiger partial charge on any atom is -0.756 e. The van der Waals surface area contributed by atoms with Crippen molar-refractivity contribution < 1.29 is 57.9 Å². The Kier molecular flexibility index (Phi) is 4.41. The zero-order valence-electron chi connectivity index (χ0n) is 11.5. The minimum atomic E-state index is -4.39. The third-order valence-corrected chi connectivity index (χ3v) is 4.44. The van der Waals surface area contributed by atoms with Gasteiger partial charge in [-0.1, -0.05) is 0 Å². The predicted molar refractivity (Wildman–Crippen MR) is 63.7 cm³/mol. The van der Waals surface area contributed by atoms with Gasteiger partial charge in [0.05, 0.1) is 19.1 Å². The largest absolute Gasteiger partial charge is 1.00 e. The molecule has 2 fully saturated rings. The number of aliphatic hydroxyl groups is 1. The van der Waals surface area contributed by atoms with Crippen molar-refractivity contribution in [3.8, 4) is 0 Å². The molecule has 4 rings (SSSR count). The second-order valence-corrected chi connectivity index (χ2v) is 6.12. The molecule has 0 aromatic carbocycles.